The number of hydrogen-bond donors (Lipinski definition) is 0. The van der Waals surface area contributed by atoms with Gasteiger partial charge >= 0.3 is 0 Å². The Labute approximate surface area is 136 Å². The molecule has 1 aromatic rings. The van der Waals surface area contributed by atoms with Gasteiger partial charge in [0.15, 0.2) is 0 Å². The van der Waals surface area contributed by atoms with Gasteiger partial charge in [-0.1, -0.05) is 0 Å². The molecule has 0 bridgehead atoms. The quantitative estimate of drug-likeness (QED) is 0.778. The van der Waals surface area contributed by atoms with Crippen molar-refractivity contribution in [3.8, 4) is 0 Å². The highest BCUT2D eigenvalue weighted by Gasteiger charge is 2.40. The Bertz CT molecular complexity index is 744. The van der Waals surface area contributed by atoms with Gasteiger partial charge in [0.2, 0.25) is 0 Å². The predicted molar refractivity (Wildman–Crippen MR) is 85.3 cm³/mol. The van der Waals surface area contributed by atoms with E-state index in [0.717, 1.165) is 31.4 Å². The Balaban J connectivity index is 1.39. The lowest BCUT2D eigenvalue weighted by Gasteiger charge is -2.39. The van der Waals surface area contributed by atoms with E-state index in [2.05, 4.69) is 5.10 Å². The largest absolute Gasteiger partial charge is 0.281 e. The summed E-state index contributed by atoms with van der Waals surface area (Å²) in [6.07, 6.45) is 4.19. The number of rotatable bonds is 5. The molecule has 1 aliphatic carbocycles. The molecule has 3 fully saturated rings. The van der Waals surface area contributed by atoms with Crippen molar-refractivity contribution in [2.24, 2.45) is 5.92 Å². The second kappa shape index (κ2) is 5.68. The molecule has 0 aromatic carbocycles. The smallest absolute Gasteiger partial charge is 0.268 e. The van der Waals surface area contributed by atoms with Gasteiger partial charge in [-0.2, -0.15) is 22.1 Å². The SMILES string of the molecule is O=c1ccc(C2CC2)nn1CC1CN(S(=O)(=O)N2CCCC2)C1. The van der Waals surface area contributed by atoms with Crippen LogP contribution in [0.15, 0.2) is 16.9 Å². The van der Waals surface area contributed by atoms with Gasteiger partial charge in [-0.3, -0.25) is 4.79 Å². The van der Waals surface area contributed by atoms with Crippen LogP contribution in [0.25, 0.3) is 0 Å². The number of nitrogens with zero attached hydrogens (tertiary/aromatic N) is 4. The molecule has 0 amide bonds. The minimum atomic E-state index is -3.29. The molecule has 0 unspecified atom stereocenters. The van der Waals surface area contributed by atoms with Crippen LogP contribution in [0.1, 0.15) is 37.3 Å². The van der Waals surface area contributed by atoms with Gasteiger partial charge in [-0.25, -0.2) is 4.68 Å². The highest BCUT2D eigenvalue weighted by molar-refractivity contribution is 7.86. The third-order valence-electron chi connectivity index (χ3n) is 4.96. The van der Waals surface area contributed by atoms with Gasteiger partial charge in [-0.15, -0.1) is 0 Å². The van der Waals surface area contributed by atoms with Gasteiger partial charge in [0.1, 0.15) is 0 Å². The molecule has 0 radical (unpaired) electrons. The molecule has 7 nitrogen and oxygen atoms in total. The van der Waals surface area contributed by atoms with Crippen LogP contribution in [0.5, 0.6) is 0 Å². The zero-order valence-corrected chi connectivity index (χ0v) is 13.9. The number of aromatic nitrogens is 2. The highest BCUT2D eigenvalue weighted by Crippen LogP contribution is 2.38. The van der Waals surface area contributed by atoms with Crippen LogP contribution in [-0.2, 0) is 16.8 Å². The first kappa shape index (κ1) is 15.3. The van der Waals surface area contributed by atoms with E-state index < -0.39 is 10.2 Å². The summed E-state index contributed by atoms with van der Waals surface area (Å²) in [5.41, 5.74) is 0.890. The maximum atomic E-state index is 12.4. The standard InChI is InChI=1S/C15H22N4O3S/c20-15-6-5-14(13-3-4-13)16-19(15)11-12-9-18(10-12)23(21,22)17-7-1-2-8-17/h5-6,12-13H,1-4,7-11H2. The molecule has 0 spiro atoms. The van der Waals surface area contributed by atoms with Crippen LogP contribution in [0.3, 0.4) is 0 Å². The first-order valence-electron chi connectivity index (χ1n) is 8.37. The Morgan fingerprint density at radius 1 is 1.09 bits per heavy atom. The summed E-state index contributed by atoms with van der Waals surface area (Å²) in [6.45, 7) is 2.74. The van der Waals surface area contributed by atoms with Crippen LogP contribution in [-0.4, -0.2) is 53.0 Å². The molecule has 23 heavy (non-hydrogen) atoms. The summed E-state index contributed by atoms with van der Waals surface area (Å²) in [6, 6.07) is 3.40. The Morgan fingerprint density at radius 3 is 2.43 bits per heavy atom. The maximum Gasteiger partial charge on any atom is 0.281 e. The van der Waals surface area contributed by atoms with E-state index in [0.29, 0.717) is 38.6 Å². The molecular formula is C15H22N4O3S. The zero-order valence-electron chi connectivity index (χ0n) is 13.1. The molecule has 0 atom stereocenters. The Morgan fingerprint density at radius 2 is 1.78 bits per heavy atom. The fourth-order valence-corrected chi connectivity index (χ4v) is 5.19. The summed E-state index contributed by atoms with van der Waals surface area (Å²) >= 11 is 0. The second-order valence-electron chi connectivity index (χ2n) is 6.85. The van der Waals surface area contributed by atoms with E-state index in [1.54, 1.807) is 10.4 Å². The van der Waals surface area contributed by atoms with Crippen LogP contribution < -0.4 is 5.56 Å². The Kier molecular flexibility index (Phi) is 3.78. The predicted octanol–water partition coefficient (Wildman–Crippen LogP) is 0.393. The monoisotopic (exact) mass is 338 g/mol. The van der Waals surface area contributed by atoms with Crippen molar-refractivity contribution >= 4 is 10.2 Å². The van der Waals surface area contributed by atoms with Crippen molar-refractivity contribution < 1.29 is 8.42 Å². The lowest BCUT2D eigenvalue weighted by molar-refractivity contribution is 0.162. The van der Waals surface area contributed by atoms with Crippen LogP contribution in [0.2, 0.25) is 0 Å². The Hall–Kier alpha value is -1.25. The zero-order chi connectivity index (χ0) is 16.0. The van der Waals surface area contributed by atoms with Crippen LogP contribution in [0.4, 0.5) is 0 Å². The van der Waals surface area contributed by atoms with Crippen molar-refractivity contribution in [1.82, 2.24) is 18.4 Å². The molecule has 2 aliphatic heterocycles. The summed E-state index contributed by atoms with van der Waals surface area (Å²) in [7, 11) is -3.29. The molecule has 3 aliphatic rings. The fraction of sp³-hybridized carbons (Fsp3) is 0.733. The minimum Gasteiger partial charge on any atom is -0.268 e. The molecule has 2 saturated heterocycles. The first-order chi connectivity index (χ1) is 11.0. The molecule has 8 heteroatoms. The average Bonchev–Trinajstić information content (AvgIpc) is 3.17. The van der Waals surface area contributed by atoms with Gasteiger partial charge < -0.3 is 0 Å². The molecule has 1 aromatic heterocycles. The first-order valence-corrected chi connectivity index (χ1v) is 9.77. The molecule has 0 N–H and O–H groups in total. The van der Waals surface area contributed by atoms with Gasteiger partial charge in [0.05, 0.1) is 12.2 Å². The summed E-state index contributed by atoms with van der Waals surface area (Å²) in [4.78, 5) is 11.9. The third-order valence-corrected chi connectivity index (χ3v) is 6.92. The summed E-state index contributed by atoms with van der Waals surface area (Å²) in [5, 5.41) is 4.45. The maximum absolute atomic E-state index is 12.4. The summed E-state index contributed by atoms with van der Waals surface area (Å²) < 4.78 is 29.4. The molecule has 3 heterocycles. The molecule has 126 valence electrons. The van der Waals surface area contributed by atoms with E-state index in [1.807, 2.05) is 6.07 Å². The van der Waals surface area contributed by atoms with Crippen molar-refractivity contribution in [3.05, 3.63) is 28.2 Å². The normalized spacial score (nSPS) is 24.0. The van der Waals surface area contributed by atoms with Crippen molar-refractivity contribution in [2.45, 2.75) is 38.1 Å². The van der Waals surface area contributed by atoms with Crippen molar-refractivity contribution in [1.29, 1.82) is 0 Å². The lowest BCUT2D eigenvalue weighted by Crippen LogP contribution is -2.56. The van der Waals surface area contributed by atoms with Crippen molar-refractivity contribution in [2.75, 3.05) is 26.2 Å². The van der Waals surface area contributed by atoms with Gasteiger partial charge in [0, 0.05) is 44.1 Å². The third kappa shape index (κ3) is 2.95. The van der Waals surface area contributed by atoms with E-state index in [1.165, 1.54) is 8.99 Å². The fourth-order valence-electron chi connectivity index (χ4n) is 3.35. The molecular weight excluding hydrogens is 316 g/mol. The van der Waals surface area contributed by atoms with Gasteiger partial charge in [-0.05, 0) is 31.7 Å². The molecule has 4 rings (SSSR count). The van der Waals surface area contributed by atoms with Crippen molar-refractivity contribution in [3.63, 3.8) is 0 Å². The molecule has 1 saturated carbocycles. The average molecular weight is 338 g/mol. The van der Waals surface area contributed by atoms with E-state index in [9.17, 15) is 13.2 Å². The number of hydrogen-bond acceptors (Lipinski definition) is 4. The summed E-state index contributed by atoms with van der Waals surface area (Å²) in [5.74, 6) is 0.683. The van der Waals surface area contributed by atoms with E-state index >= 15 is 0 Å². The van der Waals surface area contributed by atoms with Crippen LogP contribution in [0, 0.1) is 5.92 Å². The van der Waals surface area contributed by atoms with E-state index in [4.69, 9.17) is 0 Å². The lowest BCUT2D eigenvalue weighted by atomic mass is 10.0. The topological polar surface area (TPSA) is 75.5 Å². The minimum absolute atomic E-state index is 0.102. The van der Waals surface area contributed by atoms with E-state index in [-0.39, 0.29) is 11.5 Å². The highest BCUT2D eigenvalue weighted by atomic mass is 32.2. The van der Waals surface area contributed by atoms with Crippen LogP contribution >= 0.6 is 0 Å². The van der Waals surface area contributed by atoms with Gasteiger partial charge in [0.25, 0.3) is 15.8 Å². The second-order valence-corrected chi connectivity index (χ2v) is 8.78.